The van der Waals surface area contributed by atoms with E-state index in [1.54, 1.807) is 34.9 Å². The van der Waals surface area contributed by atoms with Gasteiger partial charge in [-0.25, -0.2) is 0 Å². The van der Waals surface area contributed by atoms with Gasteiger partial charge in [0, 0.05) is 56.7 Å². The summed E-state index contributed by atoms with van der Waals surface area (Å²) in [7, 11) is 4.82. The van der Waals surface area contributed by atoms with Gasteiger partial charge in [0.1, 0.15) is 43.7 Å². The van der Waals surface area contributed by atoms with E-state index >= 15 is 0 Å². The van der Waals surface area contributed by atoms with Gasteiger partial charge in [0.05, 0.1) is 48.7 Å². The fourth-order valence-corrected chi connectivity index (χ4v) is 8.28. The molecule has 0 bridgehead atoms. The van der Waals surface area contributed by atoms with Crippen molar-refractivity contribution in [3.8, 4) is 23.9 Å². The molecule has 0 saturated carbocycles. The van der Waals surface area contributed by atoms with E-state index in [9.17, 15) is 20.2 Å². The van der Waals surface area contributed by atoms with Crippen LogP contribution in [0.3, 0.4) is 0 Å². The third-order valence-corrected chi connectivity index (χ3v) is 11.5. The molecular formula is C40H62N4O15. The largest absolute Gasteiger partial charge is 0.463 e. The molecule has 19 heteroatoms. The number of hydrogen-bond acceptors (Lipinski definition) is 17. The lowest BCUT2D eigenvalue weighted by atomic mass is 9.87. The summed E-state index contributed by atoms with van der Waals surface area (Å²) in [5, 5.41) is 18.0. The quantitative estimate of drug-likeness (QED) is 0.0794. The molecule has 4 heterocycles. The minimum atomic E-state index is -1.16. The number of carbonyl (C=O) groups excluding carboxylic acids is 2. The SMILES string of the molecule is CC#CC#CO[C@@H]1OC(COC(C)=O)[C@@H](O[C@@H]2OC(C)[C@H](O[C@@H]3OC(COC(C)=O)[C@@H](O[C@@H]4OC(C)[C@@H](O)C(OC)[C@@H]4C)[C@H](C)C3N=[N+]=[N-])C(OC)[C@@H]2C)[C@H](C)C1NC. The summed E-state index contributed by atoms with van der Waals surface area (Å²) in [5.74, 6) is 5.23. The number of azide groups is 1. The Labute approximate surface area is 346 Å². The number of esters is 2. The zero-order valence-corrected chi connectivity index (χ0v) is 36.0. The molecule has 0 aromatic carbocycles. The standard InChI is InChI=1S/C40H62N4O15/c1-13-14-15-16-50-39-29(42-10)19(2)32(27(55-39)17-51-25(8)45)57-38-22(5)35(49-12)36(24(7)54-38)59-40-30(43-44-41)20(3)33(28(56-40)18-52-26(9)46)58-37-21(4)34(48-11)31(47)23(6)53-37/h19-24,27-40,42,47H,17-18H2,1-12H3/t19-,20-,21+,22+,23?,24?,27?,28?,29?,30?,31-,32+,33+,34?,35?,36+,37+,38+,39-,40+/m1/s1. The first-order valence-corrected chi connectivity index (χ1v) is 20.0. The van der Waals surface area contributed by atoms with Crippen LogP contribution >= 0.6 is 0 Å². The average Bonchev–Trinajstić information content (AvgIpc) is 3.19. The second-order valence-electron chi connectivity index (χ2n) is 15.5. The van der Waals surface area contributed by atoms with Gasteiger partial charge in [0.2, 0.25) is 6.29 Å². The number of aliphatic hydroxyl groups is 1. The topological polar surface area (TPSA) is 226 Å². The first-order chi connectivity index (χ1) is 28.1. The summed E-state index contributed by atoms with van der Waals surface area (Å²) < 4.78 is 73.4. The average molecular weight is 839 g/mol. The van der Waals surface area contributed by atoms with Crippen LogP contribution in [0.25, 0.3) is 10.4 Å². The van der Waals surface area contributed by atoms with Crippen LogP contribution in [0, 0.1) is 47.5 Å². The van der Waals surface area contributed by atoms with Crippen molar-refractivity contribution in [1.82, 2.24) is 5.32 Å². The minimum Gasteiger partial charge on any atom is -0.463 e. The molecule has 0 aromatic heterocycles. The van der Waals surface area contributed by atoms with E-state index in [1.165, 1.54) is 21.0 Å². The van der Waals surface area contributed by atoms with Crippen molar-refractivity contribution < 1.29 is 71.5 Å². The lowest BCUT2D eigenvalue weighted by Crippen LogP contribution is -2.64. The van der Waals surface area contributed by atoms with Crippen molar-refractivity contribution >= 4 is 11.9 Å². The second kappa shape index (κ2) is 22.5. The molecule has 4 aliphatic rings. The van der Waals surface area contributed by atoms with Crippen molar-refractivity contribution in [3.63, 3.8) is 0 Å². The molecule has 332 valence electrons. The Morgan fingerprint density at radius 3 is 1.76 bits per heavy atom. The molecule has 4 saturated heterocycles. The highest BCUT2D eigenvalue weighted by molar-refractivity contribution is 5.66. The molecular weight excluding hydrogens is 776 g/mol. The van der Waals surface area contributed by atoms with E-state index in [2.05, 4.69) is 39.2 Å². The Balaban J connectivity index is 1.56. The summed E-state index contributed by atoms with van der Waals surface area (Å²) in [5.41, 5.74) is 9.73. The molecule has 2 N–H and O–H groups in total. The molecule has 8 unspecified atom stereocenters. The summed E-state index contributed by atoms with van der Waals surface area (Å²) in [6.07, 6.45) is -8.36. The monoisotopic (exact) mass is 838 g/mol. The number of rotatable bonds is 15. The molecule has 4 aliphatic heterocycles. The zero-order valence-electron chi connectivity index (χ0n) is 36.0. The van der Waals surface area contributed by atoms with E-state index in [4.69, 9.17) is 56.8 Å². The predicted octanol–water partition coefficient (Wildman–Crippen LogP) is 2.41. The number of carbonyl (C=O) groups is 2. The van der Waals surface area contributed by atoms with Crippen LogP contribution in [-0.4, -0.2) is 150 Å². The first kappa shape index (κ1) is 48.4. The third-order valence-electron chi connectivity index (χ3n) is 11.5. The van der Waals surface area contributed by atoms with Crippen LogP contribution in [0.15, 0.2) is 5.11 Å². The van der Waals surface area contributed by atoms with Crippen LogP contribution < -0.4 is 5.32 Å². The van der Waals surface area contributed by atoms with Crippen LogP contribution in [0.5, 0.6) is 0 Å². The predicted molar refractivity (Wildman–Crippen MR) is 206 cm³/mol. The zero-order chi connectivity index (χ0) is 43.6. The van der Waals surface area contributed by atoms with Gasteiger partial charge in [-0.1, -0.05) is 38.7 Å². The summed E-state index contributed by atoms with van der Waals surface area (Å²) in [6, 6.07) is -1.31. The molecule has 0 spiro atoms. The summed E-state index contributed by atoms with van der Waals surface area (Å²) in [6.45, 7) is 15.0. The Bertz CT molecular complexity index is 1560. The fourth-order valence-electron chi connectivity index (χ4n) is 8.28. The van der Waals surface area contributed by atoms with Crippen molar-refractivity contribution in [2.75, 3.05) is 34.5 Å². The van der Waals surface area contributed by atoms with E-state index in [0.29, 0.717) is 0 Å². The number of nitrogens with zero attached hydrogens (tertiary/aromatic N) is 3. The lowest BCUT2D eigenvalue weighted by Gasteiger charge is -2.51. The van der Waals surface area contributed by atoms with Crippen molar-refractivity contribution in [2.24, 2.45) is 28.8 Å². The maximum atomic E-state index is 12.0. The van der Waals surface area contributed by atoms with Crippen molar-refractivity contribution in [3.05, 3.63) is 10.4 Å². The molecule has 20 atom stereocenters. The van der Waals surface area contributed by atoms with Gasteiger partial charge in [-0.2, -0.15) is 0 Å². The highest BCUT2D eigenvalue weighted by Gasteiger charge is 2.54. The maximum absolute atomic E-state index is 12.0. The third kappa shape index (κ3) is 11.8. The Morgan fingerprint density at radius 1 is 0.712 bits per heavy atom. The number of hydrogen-bond donors (Lipinski definition) is 2. The van der Waals surface area contributed by atoms with E-state index < -0.39 is 122 Å². The molecule has 4 fully saturated rings. The summed E-state index contributed by atoms with van der Waals surface area (Å²) in [4.78, 5) is 27.0. The van der Waals surface area contributed by atoms with Crippen LogP contribution in [0.1, 0.15) is 62.3 Å². The van der Waals surface area contributed by atoms with Gasteiger partial charge < -0.3 is 67.3 Å². The van der Waals surface area contributed by atoms with Crippen molar-refractivity contribution in [1.29, 1.82) is 0 Å². The number of ether oxygens (including phenoxy) is 12. The Hall–Kier alpha value is -3.27. The van der Waals surface area contributed by atoms with Gasteiger partial charge >= 0.3 is 11.9 Å². The van der Waals surface area contributed by atoms with E-state index in [-0.39, 0.29) is 25.2 Å². The molecule has 0 aromatic rings. The molecule has 19 nitrogen and oxygen atoms in total. The molecule has 0 radical (unpaired) electrons. The molecule has 0 aliphatic carbocycles. The van der Waals surface area contributed by atoms with Gasteiger partial charge in [0.25, 0.3) is 0 Å². The molecule has 59 heavy (non-hydrogen) atoms. The number of nitrogens with one attached hydrogen (secondary N) is 1. The van der Waals surface area contributed by atoms with Gasteiger partial charge in [0.15, 0.2) is 18.9 Å². The van der Waals surface area contributed by atoms with Crippen LogP contribution in [-0.2, 0) is 66.4 Å². The van der Waals surface area contributed by atoms with Crippen LogP contribution in [0.2, 0.25) is 0 Å². The van der Waals surface area contributed by atoms with Crippen LogP contribution in [0.4, 0.5) is 0 Å². The molecule has 4 rings (SSSR count). The minimum absolute atomic E-state index is 0.115. The number of methoxy groups -OCH3 is 2. The Morgan fingerprint density at radius 2 is 1.24 bits per heavy atom. The molecule has 0 amide bonds. The van der Waals surface area contributed by atoms with Gasteiger partial charge in [-0.3, -0.25) is 9.59 Å². The number of aliphatic hydroxyl groups excluding tert-OH is 1. The number of likely N-dealkylation sites (N-methyl/N-ethyl adjacent to an activating group) is 1. The van der Waals surface area contributed by atoms with E-state index in [1.807, 2.05) is 27.7 Å². The smallest absolute Gasteiger partial charge is 0.302 e. The highest BCUT2D eigenvalue weighted by Crippen LogP contribution is 2.40. The van der Waals surface area contributed by atoms with E-state index in [0.717, 1.165) is 0 Å². The fraction of sp³-hybridized carbons (Fsp3) is 0.850. The lowest BCUT2D eigenvalue weighted by molar-refractivity contribution is -0.359. The maximum Gasteiger partial charge on any atom is 0.302 e. The second-order valence-corrected chi connectivity index (χ2v) is 15.5. The Kier molecular flexibility index (Phi) is 18.5. The highest BCUT2D eigenvalue weighted by atomic mass is 16.8. The van der Waals surface area contributed by atoms with Crippen molar-refractivity contribution in [2.45, 2.75) is 161 Å². The first-order valence-electron chi connectivity index (χ1n) is 20.0. The van der Waals surface area contributed by atoms with Gasteiger partial charge in [-0.05, 0) is 45.2 Å². The summed E-state index contributed by atoms with van der Waals surface area (Å²) >= 11 is 0. The normalized spacial score (nSPS) is 42.1. The van der Waals surface area contributed by atoms with Gasteiger partial charge in [-0.15, -0.1) is 0 Å².